The molecule has 0 amide bonds. The Kier molecular flexibility index (Phi) is 4.19. The molecule has 2 heterocycles. The molecule has 1 aliphatic rings. The number of hydrogen-bond donors (Lipinski definition) is 1. The molecule has 0 spiro atoms. The third kappa shape index (κ3) is 3.28. The van der Waals surface area contributed by atoms with Gasteiger partial charge in [0.15, 0.2) is 0 Å². The molecule has 2 aromatic rings. The molecule has 0 fully saturated rings. The van der Waals surface area contributed by atoms with Gasteiger partial charge < -0.3 is 5.11 Å². The standard InChI is InChI=1S/C17H18N2O3S/c1-13-2-4-17(5-3-13)23(21,22)19-8-6-14(7-9-19)15-10-16(20)12-18-11-15/h2-6,10-12,20H,7-9H2,1H3. The molecule has 6 heteroatoms. The maximum atomic E-state index is 12.6. The Morgan fingerprint density at radius 2 is 1.91 bits per heavy atom. The summed E-state index contributed by atoms with van der Waals surface area (Å²) in [5, 5.41) is 9.50. The molecule has 1 N–H and O–H groups in total. The zero-order valence-corrected chi connectivity index (χ0v) is 13.6. The van der Waals surface area contributed by atoms with E-state index in [4.69, 9.17) is 0 Å². The third-order valence-corrected chi connectivity index (χ3v) is 5.80. The van der Waals surface area contributed by atoms with E-state index in [0.29, 0.717) is 24.4 Å². The molecule has 0 bridgehead atoms. The molecule has 0 saturated heterocycles. The first kappa shape index (κ1) is 15.7. The van der Waals surface area contributed by atoms with Crippen LogP contribution in [0.5, 0.6) is 5.75 Å². The highest BCUT2D eigenvalue weighted by atomic mass is 32.2. The molecule has 0 atom stereocenters. The van der Waals surface area contributed by atoms with E-state index in [1.807, 2.05) is 13.0 Å². The van der Waals surface area contributed by atoms with Crippen molar-refractivity contribution in [2.45, 2.75) is 18.2 Å². The van der Waals surface area contributed by atoms with Crippen LogP contribution in [0.3, 0.4) is 0 Å². The lowest BCUT2D eigenvalue weighted by Gasteiger charge is -2.26. The number of benzene rings is 1. The molecule has 1 aliphatic heterocycles. The number of aromatic nitrogens is 1. The minimum absolute atomic E-state index is 0.109. The zero-order valence-electron chi connectivity index (χ0n) is 12.8. The fraction of sp³-hybridized carbons (Fsp3) is 0.235. The Bertz CT molecular complexity index is 842. The maximum Gasteiger partial charge on any atom is 0.243 e. The first-order valence-corrected chi connectivity index (χ1v) is 8.81. The molecule has 120 valence electrons. The number of pyridine rings is 1. The van der Waals surface area contributed by atoms with Gasteiger partial charge in [-0.2, -0.15) is 4.31 Å². The van der Waals surface area contributed by atoms with E-state index in [-0.39, 0.29) is 5.75 Å². The highest BCUT2D eigenvalue weighted by molar-refractivity contribution is 7.89. The molecular formula is C17H18N2O3S. The van der Waals surface area contributed by atoms with E-state index < -0.39 is 10.0 Å². The molecular weight excluding hydrogens is 312 g/mol. The van der Waals surface area contributed by atoms with Crippen molar-refractivity contribution in [2.75, 3.05) is 13.1 Å². The minimum atomic E-state index is -3.47. The van der Waals surface area contributed by atoms with Crippen LogP contribution >= 0.6 is 0 Å². The summed E-state index contributed by atoms with van der Waals surface area (Å²) in [6, 6.07) is 8.53. The van der Waals surface area contributed by atoms with E-state index in [2.05, 4.69) is 4.98 Å². The fourth-order valence-corrected chi connectivity index (χ4v) is 3.97. The van der Waals surface area contributed by atoms with Crippen LogP contribution in [0.4, 0.5) is 0 Å². The van der Waals surface area contributed by atoms with Crippen LogP contribution in [0.1, 0.15) is 17.5 Å². The van der Waals surface area contributed by atoms with Crippen LogP contribution < -0.4 is 0 Å². The van der Waals surface area contributed by atoms with Crippen LogP contribution in [-0.4, -0.2) is 35.9 Å². The van der Waals surface area contributed by atoms with Gasteiger partial charge in [0.05, 0.1) is 11.1 Å². The van der Waals surface area contributed by atoms with Crippen LogP contribution in [0.15, 0.2) is 53.7 Å². The summed E-state index contributed by atoms with van der Waals surface area (Å²) in [5.74, 6) is 0.109. The molecule has 1 aromatic heterocycles. The Morgan fingerprint density at radius 3 is 2.52 bits per heavy atom. The number of hydrogen-bond acceptors (Lipinski definition) is 4. The lowest BCUT2D eigenvalue weighted by molar-refractivity contribution is 0.441. The second-order valence-electron chi connectivity index (χ2n) is 5.59. The normalized spacial score (nSPS) is 16.1. The van der Waals surface area contributed by atoms with E-state index >= 15 is 0 Å². The van der Waals surface area contributed by atoms with E-state index in [0.717, 1.165) is 16.7 Å². The van der Waals surface area contributed by atoms with Crippen LogP contribution in [0.2, 0.25) is 0 Å². The Labute approximate surface area is 136 Å². The van der Waals surface area contributed by atoms with Gasteiger partial charge in [-0.1, -0.05) is 23.8 Å². The predicted octanol–water partition coefficient (Wildman–Crippen LogP) is 2.57. The summed E-state index contributed by atoms with van der Waals surface area (Å²) < 4.78 is 26.7. The van der Waals surface area contributed by atoms with Gasteiger partial charge in [-0.15, -0.1) is 0 Å². The summed E-state index contributed by atoms with van der Waals surface area (Å²) in [4.78, 5) is 4.28. The van der Waals surface area contributed by atoms with Crippen molar-refractivity contribution < 1.29 is 13.5 Å². The van der Waals surface area contributed by atoms with Crippen molar-refractivity contribution in [3.8, 4) is 5.75 Å². The quantitative estimate of drug-likeness (QED) is 0.939. The highest BCUT2D eigenvalue weighted by Crippen LogP contribution is 2.27. The first-order chi connectivity index (χ1) is 11.0. The molecule has 23 heavy (non-hydrogen) atoms. The molecule has 0 saturated carbocycles. The summed E-state index contributed by atoms with van der Waals surface area (Å²) in [6.07, 6.45) is 5.53. The predicted molar refractivity (Wildman–Crippen MR) is 88.4 cm³/mol. The Hall–Kier alpha value is -2.18. The average molecular weight is 330 g/mol. The van der Waals surface area contributed by atoms with Crippen LogP contribution in [-0.2, 0) is 10.0 Å². The van der Waals surface area contributed by atoms with Gasteiger partial charge in [0.2, 0.25) is 10.0 Å². The maximum absolute atomic E-state index is 12.6. The lowest BCUT2D eigenvalue weighted by Crippen LogP contribution is -2.34. The second kappa shape index (κ2) is 6.14. The zero-order chi connectivity index (χ0) is 16.4. The molecule has 3 rings (SSSR count). The van der Waals surface area contributed by atoms with Gasteiger partial charge in [-0.3, -0.25) is 4.98 Å². The largest absolute Gasteiger partial charge is 0.506 e. The number of sulfonamides is 1. The number of aromatic hydroxyl groups is 1. The van der Waals surface area contributed by atoms with Crippen LogP contribution in [0.25, 0.3) is 5.57 Å². The van der Waals surface area contributed by atoms with Crippen molar-refractivity contribution in [1.82, 2.24) is 9.29 Å². The van der Waals surface area contributed by atoms with Gasteiger partial charge >= 0.3 is 0 Å². The van der Waals surface area contributed by atoms with Crippen molar-refractivity contribution >= 4 is 15.6 Å². The van der Waals surface area contributed by atoms with Gasteiger partial charge in [0.1, 0.15) is 5.75 Å². The number of rotatable bonds is 3. The molecule has 0 aliphatic carbocycles. The minimum Gasteiger partial charge on any atom is -0.506 e. The van der Waals surface area contributed by atoms with Gasteiger partial charge in [-0.25, -0.2) is 8.42 Å². The fourth-order valence-electron chi connectivity index (χ4n) is 2.59. The first-order valence-electron chi connectivity index (χ1n) is 7.37. The monoisotopic (exact) mass is 330 g/mol. The number of aryl methyl sites for hydroxylation is 1. The van der Waals surface area contributed by atoms with Crippen molar-refractivity contribution in [3.05, 3.63) is 59.9 Å². The molecule has 5 nitrogen and oxygen atoms in total. The van der Waals surface area contributed by atoms with E-state index in [1.165, 1.54) is 10.5 Å². The van der Waals surface area contributed by atoms with E-state index in [1.54, 1.807) is 36.5 Å². The summed E-state index contributed by atoms with van der Waals surface area (Å²) >= 11 is 0. The van der Waals surface area contributed by atoms with Gasteiger partial charge in [0.25, 0.3) is 0 Å². The molecule has 0 unspecified atom stereocenters. The second-order valence-corrected chi connectivity index (χ2v) is 7.53. The third-order valence-electron chi connectivity index (χ3n) is 3.93. The van der Waals surface area contributed by atoms with E-state index in [9.17, 15) is 13.5 Å². The smallest absolute Gasteiger partial charge is 0.243 e. The lowest BCUT2D eigenvalue weighted by atomic mass is 10.0. The van der Waals surface area contributed by atoms with Gasteiger partial charge in [0, 0.05) is 19.3 Å². The number of nitrogens with zero attached hydrogens (tertiary/aromatic N) is 2. The van der Waals surface area contributed by atoms with Crippen molar-refractivity contribution in [1.29, 1.82) is 0 Å². The summed E-state index contributed by atoms with van der Waals surface area (Å²) in [5.41, 5.74) is 2.86. The average Bonchev–Trinajstić information content (AvgIpc) is 2.55. The topological polar surface area (TPSA) is 70.5 Å². The van der Waals surface area contributed by atoms with Crippen molar-refractivity contribution in [3.63, 3.8) is 0 Å². The SMILES string of the molecule is Cc1ccc(S(=O)(=O)N2CC=C(c3cncc(O)c3)CC2)cc1. The van der Waals surface area contributed by atoms with Crippen LogP contribution in [0, 0.1) is 6.92 Å². The summed E-state index contributed by atoms with van der Waals surface area (Å²) in [6.45, 7) is 2.66. The molecule has 0 radical (unpaired) electrons. The van der Waals surface area contributed by atoms with Crippen molar-refractivity contribution in [2.24, 2.45) is 0 Å². The molecule has 1 aromatic carbocycles. The highest BCUT2D eigenvalue weighted by Gasteiger charge is 2.26. The Morgan fingerprint density at radius 1 is 1.17 bits per heavy atom. The van der Waals surface area contributed by atoms with Gasteiger partial charge in [-0.05, 0) is 42.7 Å². The summed E-state index contributed by atoms with van der Waals surface area (Å²) in [7, 11) is -3.47. The Balaban J connectivity index is 1.81.